The molecule has 5 heteroatoms. The number of hydrogen-bond acceptors (Lipinski definition) is 3. The summed E-state index contributed by atoms with van der Waals surface area (Å²) in [4.78, 5) is 24.1. The summed E-state index contributed by atoms with van der Waals surface area (Å²) in [6.45, 7) is 5.29. The second-order valence-corrected chi connectivity index (χ2v) is 5.96. The van der Waals surface area contributed by atoms with E-state index in [0.717, 1.165) is 30.3 Å². The van der Waals surface area contributed by atoms with Crippen LogP contribution in [-0.2, 0) is 11.2 Å². The number of carboxylic acids is 1. The lowest BCUT2D eigenvalue weighted by molar-refractivity contribution is -0.134. The summed E-state index contributed by atoms with van der Waals surface area (Å²) in [5.74, 6) is 0.0755. The van der Waals surface area contributed by atoms with Crippen molar-refractivity contribution >= 4 is 33.7 Å². The first kappa shape index (κ1) is 14.7. The number of carboxylic acid groups (broad SMARTS) is 1. The molecule has 20 heavy (non-hydrogen) atoms. The Kier molecular flexibility index (Phi) is 4.18. The Labute approximate surface area is 121 Å². The molecule has 0 fully saturated rings. The predicted octanol–water partition coefficient (Wildman–Crippen LogP) is 3.31. The van der Waals surface area contributed by atoms with Gasteiger partial charge in [-0.1, -0.05) is 17.8 Å². The molecule has 3 rings (SSSR count). The lowest BCUT2D eigenvalue weighted by Crippen LogP contribution is -2.07. The molecule has 0 amide bonds. The van der Waals surface area contributed by atoms with E-state index in [9.17, 15) is 4.79 Å². The molecule has 0 saturated carbocycles. The van der Waals surface area contributed by atoms with Crippen molar-refractivity contribution in [1.29, 1.82) is 0 Å². The summed E-state index contributed by atoms with van der Waals surface area (Å²) >= 11 is 1.42. The minimum Gasteiger partial charge on any atom is -0.481 e. The van der Waals surface area contributed by atoms with Crippen LogP contribution in [0.5, 0.6) is 0 Å². The predicted molar refractivity (Wildman–Crippen MR) is 81.6 cm³/mol. The monoisotopic (exact) mass is 291 g/mol. The van der Waals surface area contributed by atoms with Crippen LogP contribution in [0.2, 0.25) is 0 Å². The molecule has 2 N–H and O–H groups in total. The fourth-order valence-electron chi connectivity index (χ4n) is 2.54. The third-order valence-corrected chi connectivity index (χ3v) is 4.01. The maximum Gasteiger partial charge on any atom is 0.300 e. The number of aliphatic carboxylic acids is 1. The van der Waals surface area contributed by atoms with Crippen LogP contribution in [0.4, 0.5) is 0 Å². The molecule has 1 aromatic carbocycles. The van der Waals surface area contributed by atoms with E-state index in [1.807, 2.05) is 0 Å². The van der Waals surface area contributed by atoms with Crippen LogP contribution in [0.15, 0.2) is 12.1 Å². The van der Waals surface area contributed by atoms with Crippen molar-refractivity contribution in [2.75, 3.05) is 5.75 Å². The molecule has 0 radical (unpaired) electrons. The highest BCUT2D eigenvalue weighted by Crippen LogP contribution is 2.33. The van der Waals surface area contributed by atoms with Gasteiger partial charge in [-0.05, 0) is 43.0 Å². The molecule has 0 aliphatic carbocycles. The van der Waals surface area contributed by atoms with Gasteiger partial charge in [0.25, 0.3) is 5.97 Å². The van der Waals surface area contributed by atoms with E-state index in [0.29, 0.717) is 0 Å². The highest BCUT2D eigenvalue weighted by atomic mass is 32.2. The molecule has 2 heterocycles. The number of benzene rings is 1. The van der Waals surface area contributed by atoms with Gasteiger partial charge in [0.05, 0.1) is 5.69 Å². The highest BCUT2D eigenvalue weighted by molar-refractivity contribution is 8.14. The minimum atomic E-state index is -0.833. The molecule has 0 bridgehead atoms. The van der Waals surface area contributed by atoms with Gasteiger partial charge in [-0.3, -0.25) is 9.59 Å². The molecular formula is C15H17NO3S. The van der Waals surface area contributed by atoms with Crippen molar-refractivity contribution in [3.8, 4) is 0 Å². The van der Waals surface area contributed by atoms with Gasteiger partial charge < -0.3 is 10.1 Å². The molecule has 0 unspecified atom stereocenters. The lowest BCUT2D eigenvalue weighted by Gasteiger charge is -2.09. The van der Waals surface area contributed by atoms with Gasteiger partial charge in [-0.25, -0.2) is 0 Å². The SMILES string of the molecule is CC(=O)O.Cc1cc(C)c2c3c([nH]c2c1)C(=O)SCC3. The van der Waals surface area contributed by atoms with Crippen LogP contribution in [-0.4, -0.2) is 26.9 Å². The maximum absolute atomic E-state index is 11.8. The quantitative estimate of drug-likeness (QED) is 0.781. The molecule has 4 nitrogen and oxygen atoms in total. The topological polar surface area (TPSA) is 70.2 Å². The van der Waals surface area contributed by atoms with Crippen LogP contribution in [0, 0.1) is 13.8 Å². The second-order valence-electron chi connectivity index (χ2n) is 4.89. The number of aromatic amines is 1. The number of carbonyl (C=O) groups is 2. The smallest absolute Gasteiger partial charge is 0.300 e. The molecule has 0 spiro atoms. The van der Waals surface area contributed by atoms with E-state index in [4.69, 9.17) is 9.90 Å². The molecular weight excluding hydrogens is 274 g/mol. The van der Waals surface area contributed by atoms with Gasteiger partial charge in [-0.15, -0.1) is 0 Å². The van der Waals surface area contributed by atoms with Crippen molar-refractivity contribution in [2.24, 2.45) is 0 Å². The normalized spacial score (nSPS) is 13.7. The van der Waals surface area contributed by atoms with Gasteiger partial charge in [0, 0.05) is 23.6 Å². The number of carbonyl (C=O) groups excluding carboxylic acids is 1. The second kappa shape index (κ2) is 5.71. The third kappa shape index (κ3) is 2.88. The average molecular weight is 291 g/mol. The third-order valence-electron chi connectivity index (χ3n) is 3.13. The Balaban J connectivity index is 0.000000328. The summed E-state index contributed by atoms with van der Waals surface area (Å²) < 4.78 is 0. The Morgan fingerprint density at radius 3 is 2.65 bits per heavy atom. The number of rotatable bonds is 0. The number of aromatic nitrogens is 1. The Bertz CT molecular complexity index is 684. The molecule has 0 saturated heterocycles. The highest BCUT2D eigenvalue weighted by Gasteiger charge is 2.23. The van der Waals surface area contributed by atoms with Crippen molar-refractivity contribution in [3.63, 3.8) is 0 Å². The van der Waals surface area contributed by atoms with Crippen LogP contribution < -0.4 is 0 Å². The number of fused-ring (bicyclic) bond motifs is 3. The van der Waals surface area contributed by atoms with E-state index in [2.05, 4.69) is 31.0 Å². The zero-order valence-corrected chi connectivity index (χ0v) is 12.6. The van der Waals surface area contributed by atoms with E-state index in [1.54, 1.807) is 0 Å². The van der Waals surface area contributed by atoms with Gasteiger partial charge in [0.1, 0.15) is 0 Å². The summed E-state index contributed by atoms with van der Waals surface area (Å²) in [7, 11) is 0. The van der Waals surface area contributed by atoms with Crippen LogP contribution >= 0.6 is 11.8 Å². The maximum atomic E-state index is 11.8. The van der Waals surface area contributed by atoms with E-state index in [1.165, 1.54) is 33.8 Å². The largest absolute Gasteiger partial charge is 0.481 e. The molecule has 1 aromatic heterocycles. The molecule has 1 aliphatic heterocycles. The number of hydrogen-bond donors (Lipinski definition) is 2. The minimum absolute atomic E-state index is 0.189. The van der Waals surface area contributed by atoms with Gasteiger partial charge in [0.2, 0.25) is 5.12 Å². The first-order valence-electron chi connectivity index (χ1n) is 6.38. The summed E-state index contributed by atoms with van der Waals surface area (Å²) in [6, 6.07) is 4.31. The van der Waals surface area contributed by atoms with Crippen molar-refractivity contribution in [2.45, 2.75) is 27.2 Å². The first-order chi connectivity index (χ1) is 9.40. The number of aryl methyl sites for hydroxylation is 3. The molecule has 1 aliphatic rings. The van der Waals surface area contributed by atoms with Gasteiger partial charge in [-0.2, -0.15) is 0 Å². The summed E-state index contributed by atoms with van der Waals surface area (Å²) in [5, 5.41) is 8.86. The van der Waals surface area contributed by atoms with Crippen molar-refractivity contribution < 1.29 is 14.7 Å². The Morgan fingerprint density at radius 1 is 1.35 bits per heavy atom. The van der Waals surface area contributed by atoms with Gasteiger partial charge in [0.15, 0.2) is 0 Å². The van der Waals surface area contributed by atoms with Crippen LogP contribution in [0.3, 0.4) is 0 Å². The van der Waals surface area contributed by atoms with Crippen molar-refractivity contribution in [1.82, 2.24) is 4.98 Å². The van der Waals surface area contributed by atoms with E-state index < -0.39 is 5.97 Å². The fourth-order valence-corrected chi connectivity index (χ4v) is 3.35. The number of thioether (sulfide) groups is 1. The van der Waals surface area contributed by atoms with Crippen molar-refractivity contribution in [3.05, 3.63) is 34.5 Å². The number of H-pyrrole nitrogens is 1. The van der Waals surface area contributed by atoms with E-state index >= 15 is 0 Å². The summed E-state index contributed by atoms with van der Waals surface area (Å²) in [6.07, 6.45) is 0.996. The van der Waals surface area contributed by atoms with Crippen LogP contribution in [0.25, 0.3) is 10.9 Å². The van der Waals surface area contributed by atoms with Gasteiger partial charge >= 0.3 is 0 Å². The molecule has 106 valence electrons. The lowest BCUT2D eigenvalue weighted by atomic mass is 10.0. The average Bonchev–Trinajstić information content (AvgIpc) is 2.68. The Morgan fingerprint density at radius 2 is 2.00 bits per heavy atom. The first-order valence-corrected chi connectivity index (χ1v) is 7.37. The molecule has 2 aromatic rings. The number of nitrogens with one attached hydrogen (secondary N) is 1. The fraction of sp³-hybridized carbons (Fsp3) is 0.333. The Hall–Kier alpha value is -1.75. The van der Waals surface area contributed by atoms with E-state index in [-0.39, 0.29) is 5.12 Å². The zero-order chi connectivity index (χ0) is 14.9. The summed E-state index contributed by atoms with van der Waals surface area (Å²) in [5.41, 5.74) is 5.66. The molecule has 0 atom stereocenters. The standard InChI is InChI=1S/C13H13NOS.C2H4O2/c1-7-5-8(2)11-9-3-4-16-13(15)12(9)14-10(11)6-7;1-2(3)4/h5-6,14H,3-4H2,1-2H3;1H3,(H,3,4). The zero-order valence-electron chi connectivity index (χ0n) is 11.7. The van der Waals surface area contributed by atoms with Crippen LogP contribution in [0.1, 0.15) is 34.1 Å².